The van der Waals surface area contributed by atoms with Crippen LogP contribution in [0.2, 0.25) is 0 Å². The summed E-state index contributed by atoms with van der Waals surface area (Å²) in [5.41, 5.74) is 5.75. The van der Waals surface area contributed by atoms with Gasteiger partial charge in [-0.3, -0.25) is 0 Å². The molecule has 18 heavy (non-hydrogen) atoms. The number of phenols is 1. The lowest BCUT2D eigenvalue weighted by Crippen LogP contribution is -2.01. The van der Waals surface area contributed by atoms with Gasteiger partial charge in [0.15, 0.2) is 0 Å². The molecule has 0 aromatic heterocycles. The van der Waals surface area contributed by atoms with E-state index in [4.69, 9.17) is 0 Å². The largest absolute Gasteiger partial charge is 0.507 e. The highest BCUT2D eigenvalue weighted by Crippen LogP contribution is 2.34. The van der Waals surface area contributed by atoms with Crippen LogP contribution in [0.15, 0.2) is 36.4 Å². The van der Waals surface area contributed by atoms with E-state index in [-0.39, 0.29) is 0 Å². The van der Waals surface area contributed by atoms with Gasteiger partial charge in [-0.1, -0.05) is 43.3 Å². The van der Waals surface area contributed by atoms with Crippen LogP contribution in [0, 0.1) is 20.8 Å². The Balaban J connectivity index is 2.52. The molecule has 1 unspecified atom stereocenters. The summed E-state index contributed by atoms with van der Waals surface area (Å²) < 4.78 is 0. The highest BCUT2D eigenvalue weighted by Gasteiger charge is 2.15. The van der Waals surface area contributed by atoms with Crippen molar-refractivity contribution in [2.75, 3.05) is 0 Å². The number of hydrogen-bond donors (Lipinski definition) is 1. The van der Waals surface area contributed by atoms with E-state index in [0.29, 0.717) is 11.7 Å². The highest BCUT2D eigenvalue weighted by molar-refractivity contribution is 5.50. The molecule has 0 saturated heterocycles. The number of phenolic OH excluding ortho intramolecular Hbond substituents is 1. The van der Waals surface area contributed by atoms with Crippen molar-refractivity contribution in [3.8, 4) is 5.75 Å². The molecule has 1 heteroatoms. The first-order valence-electron chi connectivity index (χ1n) is 6.37. The lowest BCUT2D eigenvalue weighted by atomic mass is 9.87. The topological polar surface area (TPSA) is 20.2 Å². The molecule has 94 valence electrons. The van der Waals surface area contributed by atoms with Gasteiger partial charge in [-0.2, -0.15) is 0 Å². The fourth-order valence-electron chi connectivity index (χ4n) is 2.47. The maximum absolute atomic E-state index is 9.96. The third kappa shape index (κ3) is 2.13. The molecule has 0 aliphatic rings. The molecule has 0 radical (unpaired) electrons. The molecule has 0 amide bonds. The van der Waals surface area contributed by atoms with Crippen molar-refractivity contribution in [3.05, 3.63) is 64.2 Å². The van der Waals surface area contributed by atoms with Gasteiger partial charge >= 0.3 is 0 Å². The molecule has 0 saturated carbocycles. The van der Waals surface area contributed by atoms with E-state index in [1.54, 1.807) is 0 Å². The normalized spacial score (nSPS) is 12.4. The van der Waals surface area contributed by atoms with E-state index in [2.05, 4.69) is 44.2 Å². The molecular formula is C17H20O. The minimum absolute atomic E-state index is 0.351. The molecule has 0 fully saturated rings. The Morgan fingerprint density at radius 1 is 0.944 bits per heavy atom. The molecule has 1 atom stereocenters. The zero-order chi connectivity index (χ0) is 13.3. The number of aryl methyl sites for hydroxylation is 1. The minimum atomic E-state index is 0.351. The Hall–Kier alpha value is -1.76. The number of benzene rings is 2. The van der Waals surface area contributed by atoms with Crippen molar-refractivity contribution in [2.45, 2.75) is 33.6 Å². The first-order chi connectivity index (χ1) is 8.52. The van der Waals surface area contributed by atoms with Crippen LogP contribution >= 0.6 is 0 Å². The van der Waals surface area contributed by atoms with Crippen LogP contribution in [0.3, 0.4) is 0 Å². The predicted molar refractivity (Wildman–Crippen MR) is 76.3 cm³/mol. The van der Waals surface area contributed by atoms with Crippen molar-refractivity contribution < 1.29 is 5.11 Å². The summed E-state index contributed by atoms with van der Waals surface area (Å²) in [6, 6.07) is 12.6. The molecule has 0 spiro atoms. The van der Waals surface area contributed by atoms with Gasteiger partial charge in [0, 0.05) is 5.92 Å². The number of aromatic hydroxyl groups is 1. The molecule has 0 aliphatic heterocycles. The standard InChI is InChI=1S/C17H20O/c1-11-10-16(12(2)13(3)17(11)18)14(4)15-8-6-5-7-9-15/h5-10,14,18H,1-4H3. The first kappa shape index (κ1) is 12.7. The van der Waals surface area contributed by atoms with Crippen molar-refractivity contribution in [2.24, 2.45) is 0 Å². The smallest absolute Gasteiger partial charge is 0.121 e. The summed E-state index contributed by atoms with van der Waals surface area (Å²) >= 11 is 0. The summed E-state index contributed by atoms with van der Waals surface area (Å²) in [5.74, 6) is 0.778. The van der Waals surface area contributed by atoms with Crippen molar-refractivity contribution >= 4 is 0 Å². The van der Waals surface area contributed by atoms with Crippen molar-refractivity contribution in [1.29, 1.82) is 0 Å². The van der Waals surface area contributed by atoms with Gasteiger partial charge in [-0.05, 0) is 48.6 Å². The van der Waals surface area contributed by atoms with Gasteiger partial charge in [0.25, 0.3) is 0 Å². The molecule has 1 N–H and O–H groups in total. The maximum atomic E-state index is 9.96. The molecule has 1 nitrogen and oxygen atoms in total. The lowest BCUT2D eigenvalue weighted by Gasteiger charge is -2.19. The molecule has 0 aliphatic carbocycles. The van der Waals surface area contributed by atoms with E-state index >= 15 is 0 Å². The van der Waals surface area contributed by atoms with Crippen molar-refractivity contribution in [1.82, 2.24) is 0 Å². The number of hydrogen-bond acceptors (Lipinski definition) is 1. The summed E-state index contributed by atoms with van der Waals surface area (Å²) in [6.45, 7) is 8.25. The second kappa shape index (κ2) is 4.85. The monoisotopic (exact) mass is 240 g/mol. The van der Waals surface area contributed by atoms with Crippen LogP contribution in [0.5, 0.6) is 5.75 Å². The average molecular weight is 240 g/mol. The first-order valence-corrected chi connectivity index (χ1v) is 6.37. The third-order valence-electron chi connectivity index (χ3n) is 3.86. The van der Waals surface area contributed by atoms with Crippen molar-refractivity contribution in [3.63, 3.8) is 0 Å². The molecule has 0 heterocycles. The molecule has 2 rings (SSSR count). The van der Waals surface area contributed by atoms with Gasteiger partial charge in [0.1, 0.15) is 5.75 Å². The molecule has 2 aromatic carbocycles. The van der Waals surface area contributed by atoms with Crippen LogP contribution in [-0.4, -0.2) is 5.11 Å². The van der Waals surface area contributed by atoms with E-state index in [1.165, 1.54) is 16.7 Å². The Morgan fingerprint density at radius 3 is 2.17 bits per heavy atom. The summed E-state index contributed by atoms with van der Waals surface area (Å²) in [4.78, 5) is 0. The summed E-state index contributed by atoms with van der Waals surface area (Å²) in [6.07, 6.45) is 0. The minimum Gasteiger partial charge on any atom is -0.507 e. The Kier molecular flexibility index (Phi) is 3.42. The fraction of sp³-hybridized carbons (Fsp3) is 0.294. The van der Waals surface area contributed by atoms with E-state index in [9.17, 15) is 5.11 Å². The Bertz CT molecular complexity index is 556. The van der Waals surface area contributed by atoms with Gasteiger partial charge < -0.3 is 5.11 Å². The number of rotatable bonds is 2. The Labute approximate surface area is 109 Å². The van der Waals surface area contributed by atoms with Crippen LogP contribution < -0.4 is 0 Å². The average Bonchev–Trinajstić information content (AvgIpc) is 2.41. The van der Waals surface area contributed by atoms with Crippen LogP contribution in [0.25, 0.3) is 0 Å². The quantitative estimate of drug-likeness (QED) is 0.821. The fourth-order valence-corrected chi connectivity index (χ4v) is 2.47. The predicted octanol–water partition coefficient (Wildman–Crippen LogP) is 4.47. The van der Waals surface area contributed by atoms with Gasteiger partial charge in [0.05, 0.1) is 0 Å². The molecule has 0 bridgehead atoms. The Morgan fingerprint density at radius 2 is 1.56 bits per heavy atom. The molecular weight excluding hydrogens is 220 g/mol. The zero-order valence-electron chi connectivity index (χ0n) is 11.5. The van der Waals surface area contributed by atoms with E-state index in [0.717, 1.165) is 11.1 Å². The van der Waals surface area contributed by atoms with Gasteiger partial charge in [-0.15, -0.1) is 0 Å². The second-order valence-electron chi connectivity index (χ2n) is 5.01. The molecule has 2 aromatic rings. The van der Waals surface area contributed by atoms with Crippen LogP contribution in [-0.2, 0) is 0 Å². The third-order valence-corrected chi connectivity index (χ3v) is 3.86. The van der Waals surface area contributed by atoms with Crippen LogP contribution in [0.1, 0.15) is 40.7 Å². The van der Waals surface area contributed by atoms with Gasteiger partial charge in [0.2, 0.25) is 0 Å². The van der Waals surface area contributed by atoms with Gasteiger partial charge in [-0.25, -0.2) is 0 Å². The van der Waals surface area contributed by atoms with E-state index < -0.39 is 0 Å². The van der Waals surface area contributed by atoms with E-state index in [1.807, 2.05) is 19.9 Å². The van der Waals surface area contributed by atoms with Crippen LogP contribution in [0.4, 0.5) is 0 Å². The maximum Gasteiger partial charge on any atom is 0.121 e. The second-order valence-corrected chi connectivity index (χ2v) is 5.01. The summed E-state index contributed by atoms with van der Waals surface area (Å²) in [5, 5.41) is 9.96. The lowest BCUT2D eigenvalue weighted by molar-refractivity contribution is 0.466. The zero-order valence-corrected chi connectivity index (χ0v) is 11.5. The highest BCUT2D eigenvalue weighted by atomic mass is 16.3. The SMILES string of the molecule is Cc1cc(C(C)c2ccccc2)c(C)c(C)c1O. The summed E-state index contributed by atoms with van der Waals surface area (Å²) in [7, 11) is 0.